The Labute approximate surface area is 144 Å². The number of nitrogens with zero attached hydrogens (tertiary/aromatic N) is 3. The summed E-state index contributed by atoms with van der Waals surface area (Å²) in [6, 6.07) is 13.8. The largest absolute Gasteiger partial charge is 0.360 e. The number of aromatic nitrogens is 1. The predicted molar refractivity (Wildman–Crippen MR) is 97.3 cm³/mol. The van der Waals surface area contributed by atoms with Crippen molar-refractivity contribution in [2.75, 3.05) is 25.0 Å². The first-order valence-electron chi connectivity index (χ1n) is 8.74. The van der Waals surface area contributed by atoms with Gasteiger partial charge in [0.1, 0.15) is 5.82 Å². The Hall–Kier alpha value is -2.36. The van der Waals surface area contributed by atoms with Gasteiger partial charge in [-0.15, -0.1) is 0 Å². The molecule has 0 spiro atoms. The lowest BCUT2D eigenvalue weighted by atomic mass is 9.94. The Bertz CT molecular complexity index is 686. The van der Waals surface area contributed by atoms with Crippen LogP contribution >= 0.6 is 0 Å². The fourth-order valence-corrected chi connectivity index (χ4v) is 3.38. The Balaban J connectivity index is 1.95. The predicted octanol–water partition coefficient (Wildman–Crippen LogP) is 3.91. The minimum Gasteiger partial charge on any atom is -0.360 e. The van der Waals surface area contributed by atoms with Crippen LogP contribution in [-0.2, 0) is 0 Å². The Morgan fingerprint density at radius 3 is 2.75 bits per heavy atom. The van der Waals surface area contributed by atoms with Crippen LogP contribution in [0.15, 0.2) is 48.7 Å². The van der Waals surface area contributed by atoms with Gasteiger partial charge in [-0.2, -0.15) is 0 Å². The first-order chi connectivity index (χ1) is 11.7. The third-order valence-electron chi connectivity index (χ3n) is 4.80. The van der Waals surface area contributed by atoms with E-state index in [-0.39, 0.29) is 11.9 Å². The molecule has 24 heavy (non-hydrogen) atoms. The molecule has 126 valence electrons. The highest BCUT2D eigenvalue weighted by Gasteiger charge is 2.30. The number of likely N-dealkylation sites (tertiary alicyclic amines) is 1. The maximum absolute atomic E-state index is 13.0. The van der Waals surface area contributed by atoms with Crippen molar-refractivity contribution >= 4 is 11.7 Å². The number of carbonyl (C=O) groups is 1. The Morgan fingerprint density at radius 1 is 1.21 bits per heavy atom. The Morgan fingerprint density at radius 2 is 2.00 bits per heavy atom. The molecule has 4 nitrogen and oxygen atoms in total. The Kier molecular flexibility index (Phi) is 5.14. The van der Waals surface area contributed by atoms with Gasteiger partial charge in [-0.05, 0) is 44.4 Å². The van der Waals surface area contributed by atoms with Crippen LogP contribution in [0.2, 0.25) is 0 Å². The number of carbonyl (C=O) groups excluding carboxylic acids is 1. The van der Waals surface area contributed by atoms with Crippen molar-refractivity contribution < 1.29 is 4.79 Å². The van der Waals surface area contributed by atoms with Crippen LogP contribution < -0.4 is 4.90 Å². The number of amides is 1. The van der Waals surface area contributed by atoms with Gasteiger partial charge < -0.3 is 9.80 Å². The zero-order valence-electron chi connectivity index (χ0n) is 14.5. The monoisotopic (exact) mass is 323 g/mol. The minimum absolute atomic E-state index is 0.101. The van der Waals surface area contributed by atoms with Gasteiger partial charge in [0, 0.05) is 37.5 Å². The molecule has 3 rings (SSSR count). The molecule has 1 aromatic carbocycles. The van der Waals surface area contributed by atoms with Gasteiger partial charge in [-0.1, -0.05) is 24.3 Å². The molecule has 1 aromatic heterocycles. The lowest BCUT2D eigenvalue weighted by Gasteiger charge is -2.37. The van der Waals surface area contributed by atoms with E-state index in [2.05, 4.69) is 29.9 Å². The highest BCUT2D eigenvalue weighted by molar-refractivity contribution is 5.94. The van der Waals surface area contributed by atoms with E-state index < -0.39 is 0 Å². The molecule has 2 heterocycles. The van der Waals surface area contributed by atoms with Crippen LogP contribution in [0, 0.1) is 0 Å². The summed E-state index contributed by atoms with van der Waals surface area (Å²) in [7, 11) is 2.05. The molecule has 4 heteroatoms. The zero-order valence-corrected chi connectivity index (χ0v) is 14.5. The number of pyridine rings is 1. The van der Waals surface area contributed by atoms with E-state index in [1.165, 1.54) is 0 Å². The molecule has 0 N–H and O–H groups in total. The molecule has 1 aliphatic heterocycles. The summed E-state index contributed by atoms with van der Waals surface area (Å²) in [5, 5.41) is 0. The van der Waals surface area contributed by atoms with E-state index in [0.717, 1.165) is 49.3 Å². The molecule has 0 unspecified atom stereocenters. The zero-order chi connectivity index (χ0) is 16.9. The van der Waals surface area contributed by atoms with Gasteiger partial charge in [0.25, 0.3) is 5.91 Å². The van der Waals surface area contributed by atoms with E-state index >= 15 is 0 Å². The number of anilines is 1. The number of hydrogen-bond donors (Lipinski definition) is 0. The maximum atomic E-state index is 13.0. The molecule has 1 amide bonds. The number of hydrogen-bond acceptors (Lipinski definition) is 3. The maximum Gasteiger partial charge on any atom is 0.254 e. The SMILES string of the molecule is CCN(C)c1ncccc1[C@@H]1CCCCN1C(=O)c1ccccc1. The van der Waals surface area contributed by atoms with Crippen molar-refractivity contribution in [3.05, 3.63) is 59.8 Å². The molecule has 2 aromatic rings. The van der Waals surface area contributed by atoms with Crippen molar-refractivity contribution in [2.45, 2.75) is 32.2 Å². The smallest absolute Gasteiger partial charge is 0.254 e. The van der Waals surface area contributed by atoms with Gasteiger partial charge in [0.2, 0.25) is 0 Å². The summed E-state index contributed by atoms with van der Waals surface area (Å²) in [6.07, 6.45) is 5.04. The third-order valence-corrected chi connectivity index (χ3v) is 4.80. The lowest BCUT2D eigenvalue weighted by Crippen LogP contribution is -2.39. The molecule has 0 saturated carbocycles. The fourth-order valence-electron chi connectivity index (χ4n) is 3.38. The van der Waals surface area contributed by atoms with Gasteiger partial charge in [0.05, 0.1) is 6.04 Å². The van der Waals surface area contributed by atoms with E-state index in [9.17, 15) is 4.79 Å². The molecular formula is C20H25N3O. The van der Waals surface area contributed by atoms with Crippen LogP contribution in [0.3, 0.4) is 0 Å². The highest BCUT2D eigenvalue weighted by Crippen LogP contribution is 2.36. The van der Waals surface area contributed by atoms with E-state index in [4.69, 9.17) is 0 Å². The second-order valence-corrected chi connectivity index (χ2v) is 6.31. The highest BCUT2D eigenvalue weighted by atomic mass is 16.2. The molecule has 1 atom stereocenters. The third kappa shape index (κ3) is 3.28. The number of rotatable bonds is 4. The molecule has 1 saturated heterocycles. The summed E-state index contributed by atoms with van der Waals surface area (Å²) >= 11 is 0. The number of piperidine rings is 1. The van der Waals surface area contributed by atoms with Gasteiger partial charge in [-0.3, -0.25) is 4.79 Å². The van der Waals surface area contributed by atoms with Crippen molar-refractivity contribution in [3.8, 4) is 0 Å². The van der Waals surface area contributed by atoms with E-state index in [1.807, 2.05) is 47.5 Å². The first kappa shape index (κ1) is 16.5. The summed E-state index contributed by atoms with van der Waals surface area (Å²) in [4.78, 5) is 21.8. The fraction of sp³-hybridized carbons (Fsp3) is 0.400. The van der Waals surface area contributed by atoms with Crippen molar-refractivity contribution in [1.29, 1.82) is 0 Å². The summed E-state index contributed by atoms with van der Waals surface area (Å²) in [5.41, 5.74) is 1.92. The van der Waals surface area contributed by atoms with Crippen molar-refractivity contribution in [1.82, 2.24) is 9.88 Å². The van der Waals surface area contributed by atoms with Gasteiger partial charge in [0.15, 0.2) is 0 Å². The topological polar surface area (TPSA) is 36.4 Å². The summed E-state index contributed by atoms with van der Waals surface area (Å²) in [5.74, 6) is 1.10. The second-order valence-electron chi connectivity index (χ2n) is 6.31. The standard InChI is InChI=1S/C20H25N3O/c1-3-22(2)19-17(12-9-14-21-19)18-13-7-8-15-23(18)20(24)16-10-5-4-6-11-16/h4-6,9-12,14,18H,3,7-8,13,15H2,1-2H3/t18-/m0/s1. The van der Waals surface area contributed by atoms with Crippen molar-refractivity contribution in [2.24, 2.45) is 0 Å². The van der Waals surface area contributed by atoms with Crippen LogP contribution in [0.25, 0.3) is 0 Å². The molecule has 0 aliphatic carbocycles. The lowest BCUT2D eigenvalue weighted by molar-refractivity contribution is 0.0612. The molecule has 1 aliphatic rings. The van der Waals surface area contributed by atoms with Crippen LogP contribution in [-0.4, -0.2) is 35.9 Å². The van der Waals surface area contributed by atoms with E-state index in [1.54, 1.807) is 0 Å². The minimum atomic E-state index is 0.101. The van der Waals surface area contributed by atoms with E-state index in [0.29, 0.717) is 0 Å². The van der Waals surface area contributed by atoms with Crippen molar-refractivity contribution in [3.63, 3.8) is 0 Å². The molecule has 0 bridgehead atoms. The second kappa shape index (κ2) is 7.47. The van der Waals surface area contributed by atoms with Gasteiger partial charge >= 0.3 is 0 Å². The first-order valence-corrected chi connectivity index (χ1v) is 8.74. The summed E-state index contributed by atoms with van der Waals surface area (Å²) in [6.45, 7) is 3.82. The molecule has 1 fully saturated rings. The van der Waals surface area contributed by atoms with Crippen LogP contribution in [0.1, 0.15) is 48.1 Å². The summed E-state index contributed by atoms with van der Waals surface area (Å²) < 4.78 is 0. The van der Waals surface area contributed by atoms with Crippen LogP contribution in [0.4, 0.5) is 5.82 Å². The molecular weight excluding hydrogens is 298 g/mol. The quantitative estimate of drug-likeness (QED) is 0.856. The molecule has 0 radical (unpaired) electrons. The van der Waals surface area contributed by atoms with Crippen LogP contribution in [0.5, 0.6) is 0 Å². The average molecular weight is 323 g/mol. The normalized spacial score (nSPS) is 17.6. The average Bonchev–Trinajstić information content (AvgIpc) is 2.67. The number of benzene rings is 1. The van der Waals surface area contributed by atoms with Gasteiger partial charge in [-0.25, -0.2) is 4.98 Å².